The zero-order valence-electron chi connectivity index (χ0n) is 11.4. The Morgan fingerprint density at radius 3 is 2.21 bits per heavy atom. The zero-order chi connectivity index (χ0) is 13.8. The van der Waals surface area contributed by atoms with Gasteiger partial charge in [-0.25, -0.2) is 0 Å². The van der Waals surface area contributed by atoms with Crippen LogP contribution in [0.25, 0.3) is 5.57 Å². The lowest BCUT2D eigenvalue weighted by Gasteiger charge is -2.15. The fourth-order valence-electron chi connectivity index (χ4n) is 2.25. The Bertz CT molecular complexity index is 559. The van der Waals surface area contributed by atoms with Crippen molar-refractivity contribution in [2.75, 3.05) is 0 Å². The fraction of sp³-hybridized carbons (Fsp3) is 0.294. The summed E-state index contributed by atoms with van der Waals surface area (Å²) in [4.78, 5) is 24.1. The summed E-state index contributed by atoms with van der Waals surface area (Å²) in [6.07, 6.45) is 5.39. The molecule has 0 spiro atoms. The van der Waals surface area contributed by atoms with Crippen molar-refractivity contribution in [1.82, 2.24) is 0 Å². The second-order valence-electron chi connectivity index (χ2n) is 4.88. The Morgan fingerprint density at radius 2 is 1.58 bits per heavy atom. The van der Waals surface area contributed by atoms with Crippen molar-refractivity contribution in [1.29, 1.82) is 0 Å². The van der Waals surface area contributed by atoms with Gasteiger partial charge in [-0.05, 0) is 37.5 Å². The SMILES string of the molecule is CCCCC1=C(c2ccc(C)cc2)C(=O)C=CC1=O. The molecule has 2 nitrogen and oxygen atoms in total. The van der Waals surface area contributed by atoms with Crippen LogP contribution in [0.5, 0.6) is 0 Å². The lowest BCUT2D eigenvalue weighted by Crippen LogP contribution is -2.14. The van der Waals surface area contributed by atoms with Crippen LogP contribution in [-0.4, -0.2) is 11.6 Å². The van der Waals surface area contributed by atoms with E-state index < -0.39 is 0 Å². The number of benzene rings is 1. The average molecular weight is 254 g/mol. The maximum absolute atomic E-state index is 12.1. The quantitative estimate of drug-likeness (QED) is 0.769. The summed E-state index contributed by atoms with van der Waals surface area (Å²) < 4.78 is 0. The minimum atomic E-state index is -0.0606. The summed E-state index contributed by atoms with van der Waals surface area (Å²) >= 11 is 0. The van der Waals surface area contributed by atoms with Crippen LogP contribution in [0, 0.1) is 6.92 Å². The summed E-state index contributed by atoms with van der Waals surface area (Å²) in [7, 11) is 0. The highest BCUT2D eigenvalue weighted by Crippen LogP contribution is 2.28. The van der Waals surface area contributed by atoms with E-state index in [2.05, 4.69) is 6.92 Å². The molecule has 0 aromatic heterocycles. The summed E-state index contributed by atoms with van der Waals surface area (Å²) in [5, 5.41) is 0. The molecule has 1 aromatic carbocycles. The molecule has 0 amide bonds. The minimum absolute atomic E-state index is 0.0244. The molecule has 19 heavy (non-hydrogen) atoms. The Kier molecular flexibility index (Phi) is 4.10. The van der Waals surface area contributed by atoms with Gasteiger partial charge in [-0.2, -0.15) is 0 Å². The number of unbranched alkanes of at least 4 members (excludes halogenated alkanes) is 1. The Morgan fingerprint density at radius 1 is 0.947 bits per heavy atom. The van der Waals surface area contributed by atoms with Crippen molar-refractivity contribution in [2.45, 2.75) is 33.1 Å². The molecule has 0 bridgehead atoms. The average Bonchev–Trinajstić information content (AvgIpc) is 2.41. The van der Waals surface area contributed by atoms with Crippen LogP contribution < -0.4 is 0 Å². The number of aryl methyl sites for hydroxylation is 1. The first-order chi connectivity index (χ1) is 9.13. The normalized spacial score (nSPS) is 15.3. The first kappa shape index (κ1) is 13.5. The third-order valence-electron chi connectivity index (χ3n) is 3.35. The number of carbonyl (C=O) groups excluding carboxylic acids is 2. The van der Waals surface area contributed by atoms with E-state index in [0.29, 0.717) is 17.6 Å². The summed E-state index contributed by atoms with van der Waals surface area (Å²) in [5.74, 6) is -0.0850. The van der Waals surface area contributed by atoms with E-state index in [-0.39, 0.29) is 11.6 Å². The molecule has 0 saturated heterocycles. The van der Waals surface area contributed by atoms with Crippen molar-refractivity contribution in [3.8, 4) is 0 Å². The molecule has 0 heterocycles. The lowest BCUT2D eigenvalue weighted by molar-refractivity contribution is -0.114. The van der Waals surface area contributed by atoms with Crippen molar-refractivity contribution in [3.63, 3.8) is 0 Å². The maximum Gasteiger partial charge on any atom is 0.186 e. The third kappa shape index (κ3) is 2.90. The van der Waals surface area contributed by atoms with E-state index >= 15 is 0 Å². The van der Waals surface area contributed by atoms with Crippen LogP contribution in [-0.2, 0) is 9.59 Å². The highest BCUT2D eigenvalue weighted by molar-refractivity contribution is 6.36. The molecule has 1 aromatic rings. The molecule has 1 aliphatic rings. The second kappa shape index (κ2) is 5.79. The highest BCUT2D eigenvalue weighted by Gasteiger charge is 2.23. The van der Waals surface area contributed by atoms with Crippen LogP contribution >= 0.6 is 0 Å². The third-order valence-corrected chi connectivity index (χ3v) is 3.35. The van der Waals surface area contributed by atoms with E-state index in [9.17, 15) is 9.59 Å². The van der Waals surface area contributed by atoms with Crippen molar-refractivity contribution in [2.24, 2.45) is 0 Å². The van der Waals surface area contributed by atoms with Gasteiger partial charge in [0.1, 0.15) is 0 Å². The predicted octanol–water partition coefficient (Wildman–Crippen LogP) is 3.65. The van der Waals surface area contributed by atoms with E-state index in [1.54, 1.807) is 0 Å². The van der Waals surface area contributed by atoms with Gasteiger partial charge < -0.3 is 0 Å². The molecule has 2 rings (SSSR count). The van der Waals surface area contributed by atoms with Gasteiger partial charge in [-0.15, -0.1) is 0 Å². The molecular formula is C17H18O2. The van der Waals surface area contributed by atoms with Crippen molar-refractivity contribution in [3.05, 3.63) is 53.1 Å². The van der Waals surface area contributed by atoms with Gasteiger partial charge >= 0.3 is 0 Å². The maximum atomic E-state index is 12.1. The van der Waals surface area contributed by atoms with Crippen LogP contribution in [0.15, 0.2) is 42.0 Å². The zero-order valence-corrected chi connectivity index (χ0v) is 11.4. The first-order valence-corrected chi connectivity index (χ1v) is 6.70. The van der Waals surface area contributed by atoms with Gasteiger partial charge in [0.2, 0.25) is 0 Å². The molecule has 0 radical (unpaired) electrons. The number of allylic oxidation sites excluding steroid dienone is 4. The van der Waals surface area contributed by atoms with Gasteiger partial charge in [-0.1, -0.05) is 43.2 Å². The highest BCUT2D eigenvalue weighted by atomic mass is 16.1. The molecule has 0 unspecified atom stereocenters. The van der Waals surface area contributed by atoms with Gasteiger partial charge in [-0.3, -0.25) is 9.59 Å². The van der Waals surface area contributed by atoms with Crippen LogP contribution in [0.3, 0.4) is 0 Å². The van der Waals surface area contributed by atoms with Gasteiger partial charge in [0.05, 0.1) is 0 Å². The van der Waals surface area contributed by atoms with Gasteiger partial charge in [0, 0.05) is 11.1 Å². The number of hydrogen-bond donors (Lipinski definition) is 0. The van der Waals surface area contributed by atoms with E-state index in [4.69, 9.17) is 0 Å². The molecule has 1 aliphatic carbocycles. The molecule has 0 atom stereocenters. The summed E-state index contributed by atoms with van der Waals surface area (Å²) in [5.41, 5.74) is 3.24. The number of ketones is 2. The van der Waals surface area contributed by atoms with Gasteiger partial charge in [0.15, 0.2) is 11.6 Å². The molecule has 2 heteroatoms. The van der Waals surface area contributed by atoms with E-state index in [0.717, 1.165) is 24.0 Å². The topological polar surface area (TPSA) is 34.1 Å². The second-order valence-corrected chi connectivity index (χ2v) is 4.88. The van der Waals surface area contributed by atoms with Crippen LogP contribution in [0.1, 0.15) is 37.3 Å². The lowest BCUT2D eigenvalue weighted by atomic mass is 9.87. The molecular weight excluding hydrogens is 236 g/mol. The smallest absolute Gasteiger partial charge is 0.186 e. The largest absolute Gasteiger partial charge is 0.290 e. The standard InChI is InChI=1S/C17H18O2/c1-3-4-5-14-15(18)10-11-16(19)17(14)13-8-6-12(2)7-9-13/h6-11H,3-5H2,1-2H3. The molecule has 98 valence electrons. The van der Waals surface area contributed by atoms with Crippen LogP contribution in [0.2, 0.25) is 0 Å². The number of carbonyl (C=O) groups is 2. The van der Waals surface area contributed by atoms with Gasteiger partial charge in [0.25, 0.3) is 0 Å². The molecule has 0 N–H and O–H groups in total. The van der Waals surface area contributed by atoms with Crippen LogP contribution in [0.4, 0.5) is 0 Å². The molecule has 0 aliphatic heterocycles. The Labute approximate surface area is 113 Å². The summed E-state index contributed by atoms with van der Waals surface area (Å²) in [6.45, 7) is 4.08. The minimum Gasteiger partial charge on any atom is -0.290 e. The van der Waals surface area contributed by atoms with Crippen molar-refractivity contribution < 1.29 is 9.59 Å². The Balaban J connectivity index is 2.47. The molecule has 0 fully saturated rings. The fourth-order valence-corrected chi connectivity index (χ4v) is 2.25. The predicted molar refractivity (Wildman–Crippen MR) is 76.8 cm³/mol. The number of rotatable bonds is 4. The van der Waals surface area contributed by atoms with E-state index in [1.807, 2.05) is 31.2 Å². The Hall–Kier alpha value is -1.96. The van der Waals surface area contributed by atoms with E-state index in [1.165, 1.54) is 12.2 Å². The number of hydrogen-bond acceptors (Lipinski definition) is 2. The first-order valence-electron chi connectivity index (χ1n) is 6.70. The molecule has 0 saturated carbocycles. The van der Waals surface area contributed by atoms with Crippen molar-refractivity contribution >= 4 is 17.1 Å². The monoisotopic (exact) mass is 254 g/mol. The summed E-state index contributed by atoms with van der Waals surface area (Å²) in [6, 6.07) is 7.77.